The molecule has 0 radical (unpaired) electrons. The number of carbonyl (C=O) groups excluding carboxylic acids is 3. The van der Waals surface area contributed by atoms with Crippen molar-refractivity contribution in [3.8, 4) is 5.75 Å². The van der Waals surface area contributed by atoms with Gasteiger partial charge in [0.1, 0.15) is 17.4 Å². The number of hydrogen-bond acceptors (Lipinski definition) is 7. The molecular weight excluding hydrogens is 608 g/mol. The number of unbranched alkanes of at least 4 members (excludes halogenated alkanes) is 1. The molecular formula is C38H50N4O6. The fraction of sp³-hybridized carbons (Fsp3) is 0.500. The molecule has 3 heterocycles. The van der Waals surface area contributed by atoms with Gasteiger partial charge in [0, 0.05) is 56.4 Å². The molecule has 0 aromatic heterocycles. The number of aliphatic hydroxyl groups is 1. The van der Waals surface area contributed by atoms with Gasteiger partial charge >= 0.3 is 0 Å². The van der Waals surface area contributed by atoms with E-state index in [4.69, 9.17) is 9.47 Å². The van der Waals surface area contributed by atoms with Gasteiger partial charge in [-0.25, -0.2) is 0 Å². The maximum absolute atomic E-state index is 14.8. The van der Waals surface area contributed by atoms with Crippen LogP contribution in [0.25, 0.3) is 0 Å². The minimum atomic E-state index is -1.14. The van der Waals surface area contributed by atoms with Crippen LogP contribution in [-0.4, -0.2) is 91.4 Å². The highest BCUT2D eigenvalue weighted by atomic mass is 16.5. The van der Waals surface area contributed by atoms with E-state index in [0.717, 1.165) is 18.8 Å². The number of benzene rings is 2. The van der Waals surface area contributed by atoms with Gasteiger partial charge in [-0.3, -0.25) is 14.4 Å². The number of hydrogen-bond donors (Lipinski definition) is 1. The summed E-state index contributed by atoms with van der Waals surface area (Å²) in [5.74, 6) is -1.58. The smallest absolute Gasteiger partial charge is 0.253 e. The molecule has 1 spiro atoms. The topological polar surface area (TPSA) is 103 Å². The second-order valence-electron chi connectivity index (χ2n) is 12.6. The molecule has 258 valence electrons. The molecule has 3 fully saturated rings. The monoisotopic (exact) mass is 658 g/mol. The average Bonchev–Trinajstić information content (AvgIpc) is 3.74. The minimum absolute atomic E-state index is 0.0189. The Morgan fingerprint density at radius 3 is 2.08 bits per heavy atom. The van der Waals surface area contributed by atoms with Crippen molar-refractivity contribution in [3.05, 3.63) is 73.8 Å². The van der Waals surface area contributed by atoms with Crippen LogP contribution in [-0.2, 0) is 19.1 Å². The van der Waals surface area contributed by atoms with Crippen molar-refractivity contribution in [2.24, 2.45) is 11.8 Å². The Labute approximate surface area is 284 Å². The van der Waals surface area contributed by atoms with E-state index in [1.54, 1.807) is 26.9 Å². The lowest BCUT2D eigenvalue weighted by Crippen LogP contribution is -2.56. The summed E-state index contributed by atoms with van der Waals surface area (Å²) in [6, 6.07) is 14.3. The predicted molar refractivity (Wildman–Crippen MR) is 188 cm³/mol. The van der Waals surface area contributed by atoms with Gasteiger partial charge in [0.25, 0.3) is 5.91 Å². The quantitative estimate of drug-likeness (QED) is 0.192. The number of rotatable bonds is 17. The minimum Gasteiger partial charge on any atom is -0.494 e. The lowest BCUT2D eigenvalue weighted by Gasteiger charge is -2.37. The van der Waals surface area contributed by atoms with E-state index in [9.17, 15) is 19.5 Å². The Balaban J connectivity index is 1.50. The van der Waals surface area contributed by atoms with Gasteiger partial charge in [-0.2, -0.15) is 0 Å². The van der Waals surface area contributed by atoms with Crippen LogP contribution in [0.3, 0.4) is 0 Å². The largest absolute Gasteiger partial charge is 0.494 e. The van der Waals surface area contributed by atoms with Crippen LogP contribution in [0.4, 0.5) is 17.1 Å². The molecule has 0 saturated carbocycles. The third-order valence-electron chi connectivity index (χ3n) is 10.0. The standard InChI is InChI=1S/C38H50N4O6/c1-6-23-40(29-17-19-30(20-18-29)47-10-5)35(44)32-31-21-22-38(48-31)33(32)36(45)42(25-11-12-26-43)34(38)37(46)41(24-7-2)28-15-13-27(14-16-28)39(8-3)9-4/h6-7,13-20,31-34,43H,1-2,8-12,21-26H2,3-5H3/t31-,32+,33-,34?,38?/m0/s1. The Morgan fingerprint density at radius 1 is 0.938 bits per heavy atom. The number of anilines is 3. The van der Waals surface area contributed by atoms with Crippen molar-refractivity contribution in [2.45, 2.75) is 64.2 Å². The Kier molecular flexibility index (Phi) is 11.3. The van der Waals surface area contributed by atoms with E-state index in [2.05, 4.69) is 31.9 Å². The molecule has 5 rings (SSSR count). The lowest BCUT2D eigenvalue weighted by molar-refractivity contribution is -0.140. The van der Waals surface area contributed by atoms with Crippen LogP contribution in [0.5, 0.6) is 5.75 Å². The molecule has 3 amide bonds. The molecule has 48 heavy (non-hydrogen) atoms. The van der Waals surface area contributed by atoms with Crippen LogP contribution < -0.4 is 19.4 Å². The molecule has 1 N–H and O–H groups in total. The molecule has 3 aliphatic heterocycles. The van der Waals surface area contributed by atoms with Gasteiger partial charge < -0.3 is 34.2 Å². The first kappa shape index (κ1) is 35.2. The fourth-order valence-electron chi connectivity index (χ4n) is 7.90. The molecule has 3 saturated heterocycles. The van der Waals surface area contributed by atoms with E-state index in [-0.39, 0.29) is 44.0 Å². The van der Waals surface area contributed by atoms with Gasteiger partial charge in [0.15, 0.2) is 0 Å². The summed E-state index contributed by atoms with van der Waals surface area (Å²) < 4.78 is 12.3. The number of fused-ring (bicyclic) bond motifs is 1. The lowest BCUT2D eigenvalue weighted by atomic mass is 9.70. The molecule has 2 aromatic rings. The molecule has 3 aliphatic rings. The van der Waals surface area contributed by atoms with Crippen LogP contribution in [0.2, 0.25) is 0 Å². The van der Waals surface area contributed by atoms with Gasteiger partial charge in [-0.15, -0.1) is 13.2 Å². The van der Waals surface area contributed by atoms with E-state index in [1.165, 1.54) is 0 Å². The zero-order valence-electron chi connectivity index (χ0n) is 28.6. The maximum atomic E-state index is 14.8. The molecule has 10 heteroatoms. The highest BCUT2D eigenvalue weighted by molar-refractivity contribution is 6.06. The van der Waals surface area contributed by atoms with Crippen molar-refractivity contribution < 1.29 is 29.0 Å². The molecule has 5 atom stereocenters. The summed E-state index contributed by atoms with van der Waals surface area (Å²) in [4.78, 5) is 51.0. The third-order valence-corrected chi connectivity index (χ3v) is 10.0. The summed E-state index contributed by atoms with van der Waals surface area (Å²) in [5, 5.41) is 9.55. The summed E-state index contributed by atoms with van der Waals surface area (Å²) >= 11 is 0. The van der Waals surface area contributed by atoms with E-state index >= 15 is 0 Å². The molecule has 2 unspecified atom stereocenters. The van der Waals surface area contributed by atoms with Crippen molar-refractivity contribution in [3.63, 3.8) is 0 Å². The van der Waals surface area contributed by atoms with Crippen molar-refractivity contribution >= 4 is 34.8 Å². The zero-order valence-corrected chi connectivity index (χ0v) is 28.6. The number of ether oxygens (including phenoxy) is 2. The van der Waals surface area contributed by atoms with E-state index in [1.807, 2.05) is 55.5 Å². The molecule has 2 bridgehead atoms. The Bertz CT molecular complexity index is 1460. The maximum Gasteiger partial charge on any atom is 0.253 e. The van der Waals surface area contributed by atoms with E-state index in [0.29, 0.717) is 49.4 Å². The second kappa shape index (κ2) is 15.4. The normalized spacial score (nSPS) is 23.9. The highest BCUT2D eigenvalue weighted by Crippen LogP contribution is 2.59. The highest BCUT2D eigenvalue weighted by Gasteiger charge is 2.75. The second-order valence-corrected chi connectivity index (χ2v) is 12.6. The number of carbonyl (C=O) groups is 3. The molecule has 2 aromatic carbocycles. The predicted octanol–water partition coefficient (Wildman–Crippen LogP) is 4.82. The number of aliphatic hydroxyl groups excluding tert-OH is 1. The zero-order chi connectivity index (χ0) is 34.4. The number of nitrogens with zero attached hydrogens (tertiary/aromatic N) is 4. The van der Waals surface area contributed by atoms with Crippen LogP contribution in [0, 0.1) is 11.8 Å². The van der Waals surface area contributed by atoms with Crippen molar-refractivity contribution in [2.75, 3.05) is 60.6 Å². The Hall–Kier alpha value is -4.15. The summed E-state index contributed by atoms with van der Waals surface area (Å²) in [5.41, 5.74) is 1.29. The van der Waals surface area contributed by atoms with Gasteiger partial charge in [0.05, 0.1) is 24.5 Å². The number of likely N-dealkylation sites (tertiary alicyclic amines) is 1. The van der Waals surface area contributed by atoms with Gasteiger partial charge in [-0.05, 0) is 95.0 Å². The van der Waals surface area contributed by atoms with Crippen LogP contribution in [0.1, 0.15) is 46.5 Å². The van der Waals surface area contributed by atoms with Gasteiger partial charge in [0.2, 0.25) is 11.8 Å². The SMILES string of the molecule is C=CCN(C(=O)C1N(CCCCO)C(=O)[C@@H]2[C@H](C(=O)N(CC=C)c3ccc(OCC)cc3)[C@@H]3CCC12O3)c1ccc(N(CC)CC)cc1. The van der Waals surface area contributed by atoms with Crippen molar-refractivity contribution in [1.29, 1.82) is 0 Å². The summed E-state index contributed by atoms with van der Waals surface area (Å²) in [6.07, 6.45) is 4.94. The van der Waals surface area contributed by atoms with Crippen molar-refractivity contribution in [1.82, 2.24) is 4.90 Å². The average molecular weight is 659 g/mol. The van der Waals surface area contributed by atoms with Crippen LogP contribution in [0.15, 0.2) is 73.8 Å². The Morgan fingerprint density at radius 2 is 1.52 bits per heavy atom. The van der Waals surface area contributed by atoms with Crippen LogP contribution >= 0.6 is 0 Å². The molecule has 10 nitrogen and oxygen atoms in total. The first-order valence-corrected chi connectivity index (χ1v) is 17.3. The van der Waals surface area contributed by atoms with Gasteiger partial charge in [-0.1, -0.05) is 12.2 Å². The summed E-state index contributed by atoms with van der Waals surface area (Å²) in [7, 11) is 0. The summed E-state index contributed by atoms with van der Waals surface area (Å²) in [6.45, 7) is 16.9. The first-order chi connectivity index (χ1) is 23.3. The molecule has 0 aliphatic carbocycles. The first-order valence-electron chi connectivity index (χ1n) is 17.3. The fourth-order valence-corrected chi connectivity index (χ4v) is 7.90. The van der Waals surface area contributed by atoms with E-state index < -0.39 is 29.6 Å². The third kappa shape index (κ3) is 6.35. The number of amides is 3.